The van der Waals surface area contributed by atoms with Crippen LogP contribution in [-0.4, -0.2) is 20.4 Å². The van der Waals surface area contributed by atoms with Crippen molar-refractivity contribution in [2.45, 2.75) is 32.6 Å². The van der Waals surface area contributed by atoms with Crippen LogP contribution in [0.5, 0.6) is 0 Å². The van der Waals surface area contributed by atoms with Crippen molar-refractivity contribution >= 4 is 11.7 Å². The Morgan fingerprint density at radius 2 is 1.78 bits per heavy atom. The normalized spacial score (nSPS) is 11.4. The number of carbonyl (C=O) groups is 1. The van der Waals surface area contributed by atoms with E-state index in [2.05, 4.69) is 15.3 Å². The Morgan fingerprint density at radius 3 is 2.49 bits per heavy atom. The maximum atomic E-state index is 13.4. The van der Waals surface area contributed by atoms with E-state index in [1.165, 1.54) is 31.3 Å². The molecule has 10 heteroatoms. The van der Waals surface area contributed by atoms with Gasteiger partial charge in [-0.15, -0.1) is 0 Å². The van der Waals surface area contributed by atoms with Crippen molar-refractivity contribution in [1.82, 2.24) is 19.9 Å². The standard InChI is InChI=1S/C27H24F3N5O2/c1-17-12-23(31)34-25(27(28,29)30)22(17)15-33-26(37)20-9-10-32-21(14-20)13-18-5-7-19(8-6-18)16-35-11-3-2-4-24(35)36/h2-12,14H,13,15-16H2,1H3,(H2,31,34)(H,33,37). The number of nitrogens with zero attached hydrogens (tertiary/aromatic N) is 3. The zero-order chi connectivity index (χ0) is 26.6. The largest absolute Gasteiger partial charge is 0.433 e. The van der Waals surface area contributed by atoms with Crippen molar-refractivity contribution < 1.29 is 18.0 Å². The van der Waals surface area contributed by atoms with Gasteiger partial charge in [-0.25, -0.2) is 4.98 Å². The Morgan fingerprint density at radius 1 is 1.05 bits per heavy atom. The quantitative estimate of drug-likeness (QED) is 0.392. The summed E-state index contributed by atoms with van der Waals surface area (Å²) < 4.78 is 41.8. The summed E-state index contributed by atoms with van der Waals surface area (Å²) in [5.41, 5.74) is 7.26. The summed E-state index contributed by atoms with van der Waals surface area (Å²) in [5.74, 6) is -0.766. The van der Waals surface area contributed by atoms with E-state index >= 15 is 0 Å². The highest BCUT2D eigenvalue weighted by molar-refractivity contribution is 5.94. The van der Waals surface area contributed by atoms with Crippen molar-refractivity contribution in [3.8, 4) is 0 Å². The van der Waals surface area contributed by atoms with Crippen LogP contribution in [0.15, 0.2) is 77.9 Å². The van der Waals surface area contributed by atoms with Gasteiger partial charge in [0.2, 0.25) is 0 Å². The number of aryl methyl sites for hydroxylation is 1. The average Bonchev–Trinajstić information content (AvgIpc) is 2.85. The van der Waals surface area contributed by atoms with Gasteiger partial charge in [0.15, 0.2) is 5.69 Å². The van der Waals surface area contributed by atoms with Gasteiger partial charge in [-0.05, 0) is 47.9 Å². The molecule has 0 aliphatic heterocycles. The molecule has 0 radical (unpaired) electrons. The van der Waals surface area contributed by atoms with E-state index in [4.69, 9.17) is 5.73 Å². The topological polar surface area (TPSA) is 103 Å². The summed E-state index contributed by atoms with van der Waals surface area (Å²) in [4.78, 5) is 32.3. The fraction of sp³-hybridized carbons (Fsp3) is 0.185. The third-order valence-corrected chi connectivity index (χ3v) is 5.80. The van der Waals surface area contributed by atoms with E-state index in [-0.39, 0.29) is 34.6 Å². The summed E-state index contributed by atoms with van der Waals surface area (Å²) in [6.07, 6.45) is -1.04. The molecular weight excluding hydrogens is 483 g/mol. The number of rotatable bonds is 7. The second kappa shape index (κ2) is 10.7. The summed E-state index contributed by atoms with van der Waals surface area (Å²) in [5, 5.41) is 2.54. The number of nitrogens with one attached hydrogen (secondary N) is 1. The number of halogens is 3. The van der Waals surface area contributed by atoms with Gasteiger partial charge >= 0.3 is 6.18 Å². The Hall–Kier alpha value is -4.47. The molecule has 4 rings (SSSR count). The van der Waals surface area contributed by atoms with E-state index in [1.807, 2.05) is 24.3 Å². The lowest BCUT2D eigenvalue weighted by Gasteiger charge is -2.16. The summed E-state index contributed by atoms with van der Waals surface area (Å²) in [6, 6.07) is 17.1. The molecule has 0 spiro atoms. The number of pyridine rings is 3. The van der Waals surface area contributed by atoms with Crippen LogP contribution in [-0.2, 0) is 25.7 Å². The van der Waals surface area contributed by atoms with Crippen molar-refractivity contribution in [3.63, 3.8) is 0 Å². The maximum absolute atomic E-state index is 13.4. The molecule has 7 nitrogen and oxygen atoms in total. The minimum absolute atomic E-state index is 0.0803. The summed E-state index contributed by atoms with van der Waals surface area (Å²) in [7, 11) is 0. The first kappa shape index (κ1) is 25.6. The number of amides is 1. The first-order valence-corrected chi connectivity index (χ1v) is 11.4. The predicted octanol–water partition coefficient (Wildman–Crippen LogP) is 4.12. The Labute approximate surface area is 210 Å². The molecule has 1 aromatic carbocycles. The molecule has 0 saturated heterocycles. The molecule has 1 amide bonds. The monoisotopic (exact) mass is 507 g/mol. The lowest BCUT2D eigenvalue weighted by molar-refractivity contribution is -0.141. The molecule has 3 aromatic heterocycles. The minimum Gasteiger partial charge on any atom is -0.384 e. The first-order valence-electron chi connectivity index (χ1n) is 11.4. The second-order valence-electron chi connectivity index (χ2n) is 8.57. The number of hydrogen-bond acceptors (Lipinski definition) is 5. The van der Waals surface area contributed by atoms with E-state index in [1.54, 1.807) is 29.0 Å². The van der Waals surface area contributed by atoms with Crippen LogP contribution in [0.1, 0.15) is 44.0 Å². The molecule has 0 aliphatic carbocycles. The molecule has 3 heterocycles. The van der Waals surface area contributed by atoms with Crippen molar-refractivity contribution in [2.75, 3.05) is 5.73 Å². The molecule has 0 aliphatic rings. The Kier molecular flexibility index (Phi) is 7.37. The van der Waals surface area contributed by atoms with Gasteiger partial charge in [0.05, 0.1) is 6.54 Å². The van der Waals surface area contributed by atoms with E-state index in [9.17, 15) is 22.8 Å². The lowest BCUT2D eigenvalue weighted by Crippen LogP contribution is -2.26. The average molecular weight is 508 g/mol. The van der Waals surface area contributed by atoms with E-state index in [0.717, 1.165) is 11.1 Å². The highest BCUT2D eigenvalue weighted by Crippen LogP contribution is 2.32. The third kappa shape index (κ3) is 6.40. The zero-order valence-corrected chi connectivity index (χ0v) is 19.9. The number of anilines is 1. The number of carbonyl (C=O) groups excluding carboxylic acids is 1. The van der Waals surface area contributed by atoms with Gasteiger partial charge in [-0.1, -0.05) is 30.3 Å². The molecule has 0 atom stereocenters. The fourth-order valence-electron chi connectivity index (χ4n) is 3.93. The minimum atomic E-state index is -4.70. The van der Waals surface area contributed by atoms with Crippen LogP contribution in [0.4, 0.5) is 19.0 Å². The second-order valence-corrected chi connectivity index (χ2v) is 8.57. The molecule has 0 saturated carbocycles. The number of aromatic nitrogens is 3. The maximum Gasteiger partial charge on any atom is 0.433 e. The van der Waals surface area contributed by atoms with Crippen LogP contribution in [0.2, 0.25) is 0 Å². The fourth-order valence-corrected chi connectivity index (χ4v) is 3.93. The molecule has 4 aromatic rings. The van der Waals surface area contributed by atoms with Crippen LogP contribution < -0.4 is 16.6 Å². The number of nitrogens with two attached hydrogens (primary N) is 1. The van der Waals surface area contributed by atoms with Crippen LogP contribution in [0.3, 0.4) is 0 Å². The summed E-state index contributed by atoms with van der Waals surface area (Å²) in [6.45, 7) is 1.59. The Balaban J connectivity index is 1.43. The highest BCUT2D eigenvalue weighted by atomic mass is 19.4. The summed E-state index contributed by atoms with van der Waals surface area (Å²) >= 11 is 0. The predicted molar refractivity (Wildman–Crippen MR) is 133 cm³/mol. The Bertz CT molecular complexity index is 1480. The number of nitrogen functional groups attached to an aromatic ring is 1. The molecule has 37 heavy (non-hydrogen) atoms. The molecular formula is C27H24F3N5O2. The van der Waals surface area contributed by atoms with E-state index in [0.29, 0.717) is 18.7 Å². The number of benzene rings is 1. The van der Waals surface area contributed by atoms with Gasteiger partial charge in [0.25, 0.3) is 11.5 Å². The van der Waals surface area contributed by atoms with Gasteiger partial charge in [0.1, 0.15) is 5.82 Å². The number of alkyl halides is 3. The van der Waals surface area contributed by atoms with Crippen molar-refractivity contribution in [1.29, 1.82) is 0 Å². The van der Waals surface area contributed by atoms with Gasteiger partial charge in [0, 0.05) is 48.2 Å². The molecule has 0 bridgehead atoms. The van der Waals surface area contributed by atoms with E-state index < -0.39 is 17.8 Å². The van der Waals surface area contributed by atoms with Crippen molar-refractivity contribution in [3.05, 3.63) is 123 Å². The number of hydrogen-bond donors (Lipinski definition) is 2. The van der Waals surface area contributed by atoms with Gasteiger partial charge < -0.3 is 15.6 Å². The first-order chi connectivity index (χ1) is 17.6. The van der Waals surface area contributed by atoms with Gasteiger partial charge in [-0.2, -0.15) is 13.2 Å². The molecule has 0 fully saturated rings. The van der Waals surface area contributed by atoms with Gasteiger partial charge in [-0.3, -0.25) is 14.6 Å². The molecule has 0 unspecified atom stereocenters. The molecule has 190 valence electrons. The smallest absolute Gasteiger partial charge is 0.384 e. The van der Waals surface area contributed by atoms with Crippen LogP contribution >= 0.6 is 0 Å². The van der Waals surface area contributed by atoms with Crippen molar-refractivity contribution in [2.24, 2.45) is 0 Å². The third-order valence-electron chi connectivity index (χ3n) is 5.80. The van der Waals surface area contributed by atoms with Crippen LogP contribution in [0.25, 0.3) is 0 Å². The highest BCUT2D eigenvalue weighted by Gasteiger charge is 2.36. The SMILES string of the molecule is Cc1cc(N)nc(C(F)(F)F)c1CNC(=O)c1ccnc(Cc2ccc(Cn3ccccc3=O)cc2)c1. The zero-order valence-electron chi connectivity index (χ0n) is 19.9. The molecule has 3 N–H and O–H groups in total. The van der Waals surface area contributed by atoms with Crippen LogP contribution in [0, 0.1) is 6.92 Å². The lowest BCUT2D eigenvalue weighted by atomic mass is 10.0.